The quantitative estimate of drug-likeness (QED) is 0.861. The fraction of sp³-hybridized carbons (Fsp3) is 0.455. The minimum absolute atomic E-state index is 0.0906. The first-order valence-electron chi connectivity index (χ1n) is 9.24. The lowest BCUT2D eigenvalue weighted by Gasteiger charge is -2.45. The summed E-state index contributed by atoms with van der Waals surface area (Å²) in [7, 11) is 0. The third-order valence-corrected chi connectivity index (χ3v) is 5.98. The van der Waals surface area contributed by atoms with Crippen molar-refractivity contribution in [3.63, 3.8) is 0 Å². The highest BCUT2D eigenvalue weighted by molar-refractivity contribution is 5.33. The molecule has 1 aliphatic rings. The zero-order valence-electron chi connectivity index (χ0n) is 15.2. The maximum Gasteiger partial charge on any atom is 0.115 e. The van der Waals surface area contributed by atoms with E-state index in [1.165, 1.54) is 5.56 Å². The Bertz CT molecular complexity index is 687. The number of aliphatic hydroxyl groups excluding tert-OH is 1. The number of phenols is 1. The molecule has 3 nitrogen and oxygen atoms in total. The van der Waals surface area contributed by atoms with Gasteiger partial charge >= 0.3 is 0 Å². The van der Waals surface area contributed by atoms with E-state index in [0.717, 1.165) is 38.0 Å². The van der Waals surface area contributed by atoms with Gasteiger partial charge in [-0.2, -0.15) is 0 Å². The Morgan fingerprint density at radius 2 is 1.92 bits per heavy atom. The number of phenolic OH excluding ortho intramolecular Hbond substituents is 1. The lowest BCUT2D eigenvalue weighted by Crippen LogP contribution is -2.47. The van der Waals surface area contributed by atoms with E-state index in [9.17, 15) is 10.2 Å². The minimum atomic E-state index is -0.393. The Kier molecular flexibility index (Phi) is 5.45. The number of aromatic hydroxyl groups is 1. The molecule has 1 saturated heterocycles. The van der Waals surface area contributed by atoms with Gasteiger partial charge in [0.15, 0.2) is 0 Å². The van der Waals surface area contributed by atoms with Gasteiger partial charge in [0, 0.05) is 13.1 Å². The molecule has 25 heavy (non-hydrogen) atoms. The molecule has 0 spiro atoms. The van der Waals surface area contributed by atoms with E-state index in [-0.39, 0.29) is 5.41 Å². The first-order chi connectivity index (χ1) is 12.0. The highest BCUT2D eigenvalue weighted by atomic mass is 16.3. The SMILES string of the molecule is C[C@@H]1CN(CCC(O)c2ccccc2)CC[C@]1(C)c1cccc(O)c1. The third kappa shape index (κ3) is 4.05. The number of rotatable bonds is 5. The van der Waals surface area contributed by atoms with Crippen LogP contribution in [-0.2, 0) is 5.41 Å². The van der Waals surface area contributed by atoms with Crippen molar-refractivity contribution in [1.82, 2.24) is 4.90 Å². The standard InChI is InChI=1S/C22H29NO2/c1-17-16-23(13-11-21(25)18-7-4-3-5-8-18)14-12-22(17,2)19-9-6-10-20(24)15-19/h3-10,15,17,21,24-25H,11-14,16H2,1-2H3/t17-,21?,22+/m1/s1. The largest absolute Gasteiger partial charge is 0.508 e. The smallest absolute Gasteiger partial charge is 0.115 e. The molecule has 0 radical (unpaired) electrons. The Balaban J connectivity index is 1.58. The first kappa shape index (κ1) is 18.0. The van der Waals surface area contributed by atoms with Crippen LogP contribution in [0.1, 0.15) is 43.9 Å². The second kappa shape index (κ2) is 7.59. The van der Waals surface area contributed by atoms with Gasteiger partial charge in [0.1, 0.15) is 5.75 Å². The van der Waals surface area contributed by atoms with Gasteiger partial charge in [-0.3, -0.25) is 0 Å². The van der Waals surface area contributed by atoms with E-state index < -0.39 is 6.10 Å². The molecule has 134 valence electrons. The van der Waals surface area contributed by atoms with Crippen molar-refractivity contribution in [2.45, 2.75) is 38.2 Å². The van der Waals surface area contributed by atoms with Crippen molar-refractivity contribution in [2.75, 3.05) is 19.6 Å². The Labute approximate surface area is 150 Å². The van der Waals surface area contributed by atoms with Crippen LogP contribution in [0.25, 0.3) is 0 Å². The van der Waals surface area contributed by atoms with Crippen LogP contribution in [0.5, 0.6) is 5.75 Å². The van der Waals surface area contributed by atoms with Crippen molar-refractivity contribution in [2.24, 2.45) is 5.92 Å². The summed E-state index contributed by atoms with van der Waals surface area (Å²) in [5, 5.41) is 20.2. The van der Waals surface area contributed by atoms with E-state index in [1.54, 1.807) is 6.07 Å². The molecule has 2 aromatic carbocycles. The summed E-state index contributed by atoms with van der Waals surface area (Å²) in [6, 6.07) is 17.6. The highest BCUT2D eigenvalue weighted by Crippen LogP contribution is 2.40. The predicted octanol–water partition coefficient (Wildman–Crippen LogP) is 4.12. The van der Waals surface area contributed by atoms with Crippen LogP contribution < -0.4 is 0 Å². The number of nitrogens with zero attached hydrogens (tertiary/aromatic N) is 1. The summed E-state index contributed by atoms with van der Waals surface area (Å²) in [5.74, 6) is 0.844. The van der Waals surface area contributed by atoms with Gasteiger partial charge < -0.3 is 15.1 Å². The van der Waals surface area contributed by atoms with Crippen molar-refractivity contribution in [1.29, 1.82) is 0 Å². The Hall–Kier alpha value is -1.84. The van der Waals surface area contributed by atoms with E-state index in [4.69, 9.17) is 0 Å². The number of hydrogen-bond acceptors (Lipinski definition) is 3. The fourth-order valence-electron chi connectivity index (χ4n) is 3.96. The van der Waals surface area contributed by atoms with Crippen LogP contribution in [0.2, 0.25) is 0 Å². The molecule has 0 aromatic heterocycles. The minimum Gasteiger partial charge on any atom is -0.508 e. The number of aliphatic hydroxyl groups is 1. The molecular formula is C22H29NO2. The van der Waals surface area contributed by atoms with Gasteiger partial charge in [0.25, 0.3) is 0 Å². The summed E-state index contributed by atoms with van der Waals surface area (Å²) in [5.41, 5.74) is 2.31. The van der Waals surface area contributed by atoms with Crippen molar-refractivity contribution >= 4 is 0 Å². The van der Waals surface area contributed by atoms with E-state index in [1.807, 2.05) is 42.5 Å². The van der Waals surface area contributed by atoms with Crippen molar-refractivity contribution in [3.8, 4) is 5.75 Å². The van der Waals surface area contributed by atoms with Gasteiger partial charge in [-0.25, -0.2) is 0 Å². The van der Waals surface area contributed by atoms with Crippen LogP contribution in [0.15, 0.2) is 54.6 Å². The van der Waals surface area contributed by atoms with Gasteiger partial charge in [-0.15, -0.1) is 0 Å². The molecule has 3 atom stereocenters. The third-order valence-electron chi connectivity index (χ3n) is 5.98. The topological polar surface area (TPSA) is 43.7 Å². The molecule has 0 saturated carbocycles. The average Bonchev–Trinajstić information content (AvgIpc) is 2.63. The maximum absolute atomic E-state index is 10.4. The Morgan fingerprint density at radius 3 is 2.60 bits per heavy atom. The van der Waals surface area contributed by atoms with E-state index in [0.29, 0.717) is 11.7 Å². The van der Waals surface area contributed by atoms with E-state index in [2.05, 4.69) is 24.8 Å². The highest BCUT2D eigenvalue weighted by Gasteiger charge is 2.38. The number of piperidine rings is 1. The summed E-state index contributed by atoms with van der Waals surface area (Å²) in [6.45, 7) is 7.56. The molecule has 0 aliphatic carbocycles. The molecule has 2 N–H and O–H groups in total. The summed E-state index contributed by atoms with van der Waals surface area (Å²) in [6.07, 6.45) is 1.44. The summed E-state index contributed by atoms with van der Waals surface area (Å²) >= 11 is 0. The monoisotopic (exact) mass is 339 g/mol. The van der Waals surface area contributed by atoms with Gasteiger partial charge in [0.2, 0.25) is 0 Å². The molecule has 1 heterocycles. The van der Waals surface area contributed by atoms with Crippen molar-refractivity contribution < 1.29 is 10.2 Å². The maximum atomic E-state index is 10.4. The average molecular weight is 339 g/mol. The van der Waals surface area contributed by atoms with Crippen molar-refractivity contribution in [3.05, 3.63) is 65.7 Å². The Morgan fingerprint density at radius 1 is 1.16 bits per heavy atom. The number of likely N-dealkylation sites (tertiary alicyclic amines) is 1. The van der Waals surface area contributed by atoms with Gasteiger partial charge in [0.05, 0.1) is 6.10 Å². The number of hydrogen-bond donors (Lipinski definition) is 2. The lowest BCUT2D eigenvalue weighted by molar-refractivity contribution is 0.0868. The molecule has 3 rings (SSSR count). The zero-order chi connectivity index (χ0) is 17.9. The fourth-order valence-corrected chi connectivity index (χ4v) is 3.96. The van der Waals surface area contributed by atoms with E-state index >= 15 is 0 Å². The van der Waals surface area contributed by atoms with Crippen LogP contribution in [0, 0.1) is 5.92 Å². The van der Waals surface area contributed by atoms with Gasteiger partial charge in [-0.1, -0.05) is 56.3 Å². The molecule has 0 bridgehead atoms. The van der Waals surface area contributed by atoms with Crippen LogP contribution in [-0.4, -0.2) is 34.7 Å². The molecular weight excluding hydrogens is 310 g/mol. The summed E-state index contributed by atoms with van der Waals surface area (Å²) in [4.78, 5) is 2.46. The zero-order valence-corrected chi connectivity index (χ0v) is 15.2. The van der Waals surface area contributed by atoms with Crippen LogP contribution >= 0.6 is 0 Å². The molecule has 0 amide bonds. The molecule has 1 unspecified atom stereocenters. The lowest BCUT2D eigenvalue weighted by atomic mass is 9.68. The first-order valence-corrected chi connectivity index (χ1v) is 9.24. The normalized spacial score (nSPS) is 25.6. The molecule has 3 heteroatoms. The molecule has 1 fully saturated rings. The predicted molar refractivity (Wildman–Crippen MR) is 102 cm³/mol. The van der Waals surface area contributed by atoms with Crippen LogP contribution in [0.3, 0.4) is 0 Å². The molecule has 2 aromatic rings. The molecule has 1 aliphatic heterocycles. The second-order valence-electron chi connectivity index (χ2n) is 7.63. The van der Waals surface area contributed by atoms with Crippen LogP contribution in [0.4, 0.5) is 0 Å². The second-order valence-corrected chi connectivity index (χ2v) is 7.63. The van der Waals surface area contributed by atoms with Gasteiger partial charge in [-0.05, 0) is 54.0 Å². The summed E-state index contributed by atoms with van der Waals surface area (Å²) < 4.78 is 0. The number of benzene rings is 2.